The molecule has 202 valence electrons. The van der Waals surface area contributed by atoms with E-state index in [1.807, 2.05) is 12.1 Å². The summed E-state index contributed by atoms with van der Waals surface area (Å²) in [5, 5.41) is 0.386. The van der Waals surface area contributed by atoms with Gasteiger partial charge in [0.05, 0.1) is 24.4 Å². The molecule has 0 unspecified atom stereocenters. The highest BCUT2D eigenvalue weighted by atomic mass is 35.5. The summed E-state index contributed by atoms with van der Waals surface area (Å²) in [6.07, 6.45) is 6.25. The van der Waals surface area contributed by atoms with Crippen molar-refractivity contribution in [1.82, 2.24) is 4.90 Å². The highest BCUT2D eigenvalue weighted by molar-refractivity contribution is 6.32. The van der Waals surface area contributed by atoms with Crippen molar-refractivity contribution >= 4 is 34.8 Å². The number of likely N-dealkylation sites (tertiary alicyclic amines) is 1. The molecule has 5 rings (SSSR count). The number of ether oxygens (including phenoxy) is 1. The van der Waals surface area contributed by atoms with Gasteiger partial charge >= 0.3 is 5.97 Å². The van der Waals surface area contributed by atoms with Crippen molar-refractivity contribution < 1.29 is 18.3 Å². The van der Waals surface area contributed by atoms with Crippen LogP contribution in [0.1, 0.15) is 63.9 Å². The summed E-state index contributed by atoms with van der Waals surface area (Å²) in [6, 6.07) is 18.8. The first-order valence-electron chi connectivity index (χ1n) is 13.4. The zero-order valence-electron chi connectivity index (χ0n) is 22.1. The van der Waals surface area contributed by atoms with Crippen LogP contribution >= 0.6 is 11.6 Å². The molecular weight excluding hydrogens is 516 g/mol. The molecule has 0 aromatic heterocycles. The van der Waals surface area contributed by atoms with Crippen molar-refractivity contribution in [2.75, 3.05) is 33.4 Å². The molecule has 0 spiro atoms. The van der Waals surface area contributed by atoms with Gasteiger partial charge in [0, 0.05) is 19.6 Å². The van der Waals surface area contributed by atoms with Gasteiger partial charge in [0.25, 0.3) is 0 Å². The van der Waals surface area contributed by atoms with E-state index >= 15 is 0 Å². The van der Waals surface area contributed by atoms with Gasteiger partial charge in [-0.2, -0.15) is 0 Å². The fraction of sp³-hybridized carbons (Fsp3) is 0.303. The fourth-order valence-corrected chi connectivity index (χ4v) is 5.97. The molecule has 0 N–H and O–H groups in total. The van der Waals surface area contributed by atoms with E-state index in [2.05, 4.69) is 35.2 Å². The van der Waals surface area contributed by atoms with Crippen LogP contribution < -0.4 is 0 Å². The van der Waals surface area contributed by atoms with Crippen LogP contribution in [0.25, 0.3) is 17.2 Å². The monoisotopic (exact) mass is 547 g/mol. The van der Waals surface area contributed by atoms with Crippen molar-refractivity contribution in [1.29, 1.82) is 0 Å². The van der Waals surface area contributed by atoms with Gasteiger partial charge in [-0.3, -0.25) is 9.29 Å². The molecule has 0 saturated carbocycles. The van der Waals surface area contributed by atoms with Gasteiger partial charge in [-0.1, -0.05) is 59.6 Å². The third kappa shape index (κ3) is 6.15. The molecule has 1 saturated heterocycles. The predicted octanol–water partition coefficient (Wildman–Crippen LogP) is 8.01. The lowest BCUT2D eigenvalue weighted by Gasteiger charge is -2.18. The Labute approximate surface area is 233 Å². The fourth-order valence-electron chi connectivity index (χ4n) is 5.69. The Bertz CT molecular complexity index is 1430. The van der Waals surface area contributed by atoms with Gasteiger partial charge in [-0.25, -0.2) is 9.18 Å². The molecular formula is C33H32ClF2NO2. The summed E-state index contributed by atoms with van der Waals surface area (Å²) in [5.41, 5.74) is 9.10. The number of esters is 1. The zero-order valence-corrected chi connectivity index (χ0v) is 22.9. The van der Waals surface area contributed by atoms with Gasteiger partial charge < -0.3 is 4.74 Å². The third-order valence-electron chi connectivity index (χ3n) is 7.58. The Morgan fingerprint density at radius 1 is 1.03 bits per heavy atom. The van der Waals surface area contributed by atoms with Gasteiger partial charge in [-0.15, -0.1) is 0 Å². The number of allylic oxidation sites excluding steroid dienone is 1. The lowest BCUT2D eigenvalue weighted by molar-refractivity contribution is 0.0600. The quantitative estimate of drug-likeness (QED) is 0.281. The molecule has 3 nitrogen and oxygen atoms in total. The summed E-state index contributed by atoms with van der Waals surface area (Å²) in [6.45, 7) is 2.39. The van der Waals surface area contributed by atoms with E-state index in [1.165, 1.54) is 24.8 Å². The Hall–Kier alpha value is -3.28. The lowest BCUT2D eigenvalue weighted by atomic mass is 9.87. The van der Waals surface area contributed by atoms with Crippen molar-refractivity contribution in [3.63, 3.8) is 0 Å². The molecule has 0 bridgehead atoms. The average molecular weight is 548 g/mol. The van der Waals surface area contributed by atoms with Crippen molar-refractivity contribution in [3.05, 3.63) is 110 Å². The minimum atomic E-state index is -0.366. The van der Waals surface area contributed by atoms with Crippen molar-refractivity contribution in [2.24, 2.45) is 0 Å². The number of hydrogen-bond acceptors (Lipinski definition) is 3. The second kappa shape index (κ2) is 12.3. The predicted molar refractivity (Wildman–Crippen MR) is 154 cm³/mol. The minimum Gasteiger partial charge on any atom is -0.465 e. The number of alkyl halides is 1. The highest BCUT2D eigenvalue weighted by Crippen LogP contribution is 2.42. The maximum absolute atomic E-state index is 13.9. The standard InChI is InChI=1S/C33H32ClF2NO2/c1-39-33(38)26-10-12-28-25(19-26)4-2-5-30(29-13-11-27(36)20-31(29)34)32(28)24-8-6-22(7-9-24)18-23-14-17-37(21-23)16-3-15-35/h6-13,18-20H,2-5,14-17,21H2,1H3. The first-order valence-corrected chi connectivity index (χ1v) is 13.8. The van der Waals surface area contributed by atoms with Gasteiger partial charge in [-0.05, 0) is 95.3 Å². The number of methoxy groups -OCH3 is 1. The Balaban J connectivity index is 1.56. The smallest absolute Gasteiger partial charge is 0.337 e. The molecule has 3 aromatic rings. The van der Waals surface area contributed by atoms with Crippen LogP contribution in [0.15, 0.2) is 66.2 Å². The maximum atomic E-state index is 13.9. The molecule has 0 atom stereocenters. The molecule has 0 amide bonds. The van der Waals surface area contributed by atoms with Gasteiger partial charge in [0.15, 0.2) is 0 Å². The molecule has 2 aliphatic rings. The van der Waals surface area contributed by atoms with Crippen LogP contribution in [0.3, 0.4) is 0 Å². The number of hydrogen-bond donors (Lipinski definition) is 0. The van der Waals surface area contributed by atoms with Crippen molar-refractivity contribution in [3.8, 4) is 0 Å². The third-order valence-corrected chi connectivity index (χ3v) is 7.89. The first kappa shape index (κ1) is 27.3. The summed E-state index contributed by atoms with van der Waals surface area (Å²) >= 11 is 6.58. The van der Waals surface area contributed by atoms with Crippen LogP contribution in [-0.2, 0) is 11.2 Å². The summed E-state index contributed by atoms with van der Waals surface area (Å²) < 4.78 is 31.4. The largest absolute Gasteiger partial charge is 0.465 e. The van der Waals surface area contributed by atoms with Crippen LogP contribution in [0.4, 0.5) is 8.78 Å². The maximum Gasteiger partial charge on any atom is 0.337 e. The number of rotatable bonds is 7. The first-order chi connectivity index (χ1) is 19.0. The number of fused-ring (bicyclic) bond motifs is 1. The summed E-state index contributed by atoms with van der Waals surface area (Å²) in [5.74, 6) is -0.725. The molecule has 39 heavy (non-hydrogen) atoms. The zero-order chi connectivity index (χ0) is 27.4. The summed E-state index contributed by atoms with van der Waals surface area (Å²) in [4.78, 5) is 14.5. The van der Waals surface area contributed by atoms with Crippen LogP contribution in [0.5, 0.6) is 0 Å². The Morgan fingerprint density at radius 3 is 2.56 bits per heavy atom. The molecule has 1 fully saturated rings. The normalized spacial score (nSPS) is 16.9. The second-order valence-corrected chi connectivity index (χ2v) is 10.6. The molecule has 1 aliphatic heterocycles. The number of carbonyl (C=O) groups excluding carboxylic acids is 1. The van der Waals surface area contributed by atoms with Crippen molar-refractivity contribution in [2.45, 2.75) is 32.1 Å². The van der Waals surface area contributed by atoms with E-state index in [0.717, 1.165) is 84.3 Å². The van der Waals surface area contributed by atoms with E-state index in [4.69, 9.17) is 16.3 Å². The average Bonchev–Trinajstić information content (AvgIpc) is 3.30. The minimum absolute atomic E-state index is 0.273. The van der Waals surface area contributed by atoms with Crippen LogP contribution in [-0.4, -0.2) is 44.3 Å². The van der Waals surface area contributed by atoms with E-state index < -0.39 is 0 Å². The van der Waals surface area contributed by atoms with E-state index in [0.29, 0.717) is 17.0 Å². The Morgan fingerprint density at radius 2 is 1.82 bits per heavy atom. The number of aryl methyl sites for hydroxylation is 1. The number of carbonyl (C=O) groups is 1. The van der Waals surface area contributed by atoms with E-state index in [-0.39, 0.29) is 18.5 Å². The van der Waals surface area contributed by atoms with Gasteiger partial charge in [0.1, 0.15) is 5.82 Å². The SMILES string of the molecule is COC(=O)c1ccc2c(c1)CCCC(c1ccc(F)cc1Cl)=C2c1ccc(C=C2CCN(CCCF)C2)cc1. The van der Waals surface area contributed by atoms with Gasteiger partial charge in [0.2, 0.25) is 0 Å². The Kier molecular flexibility index (Phi) is 8.59. The highest BCUT2D eigenvalue weighted by Gasteiger charge is 2.23. The number of halogens is 3. The van der Waals surface area contributed by atoms with Crippen LogP contribution in [0, 0.1) is 5.82 Å². The number of nitrogens with zero attached hydrogens (tertiary/aromatic N) is 1. The topological polar surface area (TPSA) is 29.5 Å². The second-order valence-electron chi connectivity index (χ2n) is 10.2. The van der Waals surface area contributed by atoms with E-state index in [1.54, 1.807) is 12.1 Å². The molecule has 0 radical (unpaired) electrons. The number of benzene rings is 3. The summed E-state index contributed by atoms with van der Waals surface area (Å²) in [7, 11) is 1.39. The molecule has 1 aliphatic carbocycles. The molecule has 6 heteroatoms. The molecule has 1 heterocycles. The van der Waals surface area contributed by atoms with Crippen LogP contribution in [0.2, 0.25) is 5.02 Å². The van der Waals surface area contributed by atoms with E-state index in [9.17, 15) is 13.6 Å². The molecule has 3 aromatic carbocycles. The lowest BCUT2D eigenvalue weighted by Crippen LogP contribution is -2.20.